The van der Waals surface area contributed by atoms with Crippen LogP contribution in [0.4, 0.5) is 0 Å². The first-order chi connectivity index (χ1) is 5.59. The Morgan fingerprint density at radius 1 is 1.08 bits per heavy atom. The van der Waals surface area contributed by atoms with Crippen molar-refractivity contribution in [3.8, 4) is 0 Å². The van der Waals surface area contributed by atoms with E-state index in [0.717, 1.165) is 6.04 Å². The number of hydrogen-bond acceptors (Lipinski definition) is 1. The van der Waals surface area contributed by atoms with Gasteiger partial charge in [-0.1, -0.05) is 26.2 Å². The van der Waals surface area contributed by atoms with Crippen LogP contribution in [0.15, 0.2) is 0 Å². The van der Waals surface area contributed by atoms with Crippen molar-refractivity contribution in [1.82, 2.24) is 4.90 Å². The lowest BCUT2D eigenvalue weighted by Gasteiger charge is -2.28. The molecule has 0 saturated heterocycles. The van der Waals surface area contributed by atoms with Crippen LogP contribution >= 0.6 is 0 Å². The SMILES string of the molecule is CCCCCC(C)N(C)C(C)C. The molecule has 0 fully saturated rings. The van der Waals surface area contributed by atoms with Gasteiger partial charge in [0.15, 0.2) is 0 Å². The second kappa shape index (κ2) is 6.47. The van der Waals surface area contributed by atoms with Crippen LogP contribution in [-0.2, 0) is 0 Å². The van der Waals surface area contributed by atoms with Gasteiger partial charge in [-0.15, -0.1) is 0 Å². The largest absolute Gasteiger partial charge is 0.301 e. The molecule has 0 heterocycles. The molecule has 0 radical (unpaired) electrons. The van der Waals surface area contributed by atoms with E-state index in [1.807, 2.05) is 0 Å². The van der Waals surface area contributed by atoms with Crippen molar-refractivity contribution in [3.05, 3.63) is 0 Å². The van der Waals surface area contributed by atoms with E-state index in [4.69, 9.17) is 0 Å². The fraction of sp³-hybridized carbons (Fsp3) is 1.00. The molecular weight excluding hydrogens is 146 g/mol. The number of unbranched alkanes of at least 4 members (excludes halogenated alkanes) is 2. The molecule has 0 saturated carbocycles. The smallest absolute Gasteiger partial charge is 0.00665 e. The van der Waals surface area contributed by atoms with Gasteiger partial charge in [0.25, 0.3) is 0 Å². The Labute approximate surface area is 78.1 Å². The quantitative estimate of drug-likeness (QED) is 0.554. The maximum Gasteiger partial charge on any atom is 0.00665 e. The lowest BCUT2D eigenvalue weighted by atomic mass is 10.1. The second-order valence-corrected chi connectivity index (χ2v) is 4.10. The number of nitrogens with zero attached hydrogens (tertiary/aromatic N) is 1. The van der Waals surface area contributed by atoms with E-state index in [2.05, 4.69) is 39.6 Å². The third-order valence-electron chi connectivity index (χ3n) is 2.74. The maximum atomic E-state index is 2.45. The van der Waals surface area contributed by atoms with Crippen LogP contribution in [0.5, 0.6) is 0 Å². The minimum atomic E-state index is 0.682. The van der Waals surface area contributed by atoms with E-state index in [9.17, 15) is 0 Å². The Balaban J connectivity index is 3.49. The predicted molar refractivity (Wildman–Crippen MR) is 56.5 cm³/mol. The Kier molecular flexibility index (Phi) is 6.45. The summed E-state index contributed by atoms with van der Waals surface area (Å²) in [6.07, 6.45) is 5.45. The lowest BCUT2D eigenvalue weighted by Crippen LogP contribution is -2.34. The predicted octanol–water partition coefficient (Wildman–Crippen LogP) is 3.30. The van der Waals surface area contributed by atoms with Crippen molar-refractivity contribution in [1.29, 1.82) is 0 Å². The normalized spacial score (nSPS) is 14.2. The summed E-state index contributed by atoms with van der Waals surface area (Å²) in [6, 6.07) is 1.43. The van der Waals surface area contributed by atoms with E-state index < -0.39 is 0 Å². The molecule has 0 aromatic rings. The van der Waals surface area contributed by atoms with Crippen LogP contribution in [0.25, 0.3) is 0 Å². The zero-order valence-electron chi connectivity index (χ0n) is 9.43. The minimum Gasteiger partial charge on any atom is -0.301 e. The van der Waals surface area contributed by atoms with E-state index in [-0.39, 0.29) is 0 Å². The van der Waals surface area contributed by atoms with Crippen molar-refractivity contribution in [3.63, 3.8) is 0 Å². The molecule has 0 aliphatic heterocycles. The van der Waals surface area contributed by atoms with Crippen LogP contribution < -0.4 is 0 Å². The Bertz CT molecular complexity index is 99.2. The Morgan fingerprint density at radius 3 is 2.08 bits per heavy atom. The highest BCUT2D eigenvalue weighted by Crippen LogP contribution is 2.10. The van der Waals surface area contributed by atoms with Gasteiger partial charge < -0.3 is 4.90 Å². The summed E-state index contributed by atoms with van der Waals surface area (Å²) in [4.78, 5) is 2.45. The summed E-state index contributed by atoms with van der Waals surface area (Å²) in [5.41, 5.74) is 0. The van der Waals surface area contributed by atoms with E-state index >= 15 is 0 Å². The van der Waals surface area contributed by atoms with Gasteiger partial charge in [0, 0.05) is 12.1 Å². The summed E-state index contributed by atoms with van der Waals surface area (Å²) in [5.74, 6) is 0. The highest BCUT2D eigenvalue weighted by Gasteiger charge is 2.10. The minimum absolute atomic E-state index is 0.682. The third kappa shape index (κ3) is 4.76. The third-order valence-corrected chi connectivity index (χ3v) is 2.74. The van der Waals surface area contributed by atoms with Crippen molar-refractivity contribution in [2.24, 2.45) is 0 Å². The van der Waals surface area contributed by atoms with Gasteiger partial charge in [0.2, 0.25) is 0 Å². The molecule has 0 aromatic heterocycles. The monoisotopic (exact) mass is 171 g/mol. The van der Waals surface area contributed by atoms with Gasteiger partial charge in [-0.05, 0) is 34.2 Å². The van der Waals surface area contributed by atoms with Crippen molar-refractivity contribution >= 4 is 0 Å². The second-order valence-electron chi connectivity index (χ2n) is 4.10. The molecule has 0 spiro atoms. The fourth-order valence-electron chi connectivity index (χ4n) is 1.40. The molecule has 0 bridgehead atoms. The Hall–Kier alpha value is -0.0400. The van der Waals surface area contributed by atoms with Crippen LogP contribution in [0, 0.1) is 0 Å². The molecule has 0 aromatic carbocycles. The van der Waals surface area contributed by atoms with Crippen molar-refractivity contribution in [2.75, 3.05) is 7.05 Å². The zero-order valence-corrected chi connectivity index (χ0v) is 9.43. The van der Waals surface area contributed by atoms with Crippen LogP contribution in [0.1, 0.15) is 53.4 Å². The molecule has 74 valence electrons. The summed E-state index contributed by atoms with van der Waals surface area (Å²) in [5, 5.41) is 0. The first-order valence-corrected chi connectivity index (χ1v) is 5.31. The van der Waals surface area contributed by atoms with Gasteiger partial charge in [0.05, 0.1) is 0 Å². The lowest BCUT2D eigenvalue weighted by molar-refractivity contribution is 0.196. The molecule has 0 rings (SSSR count). The average molecular weight is 171 g/mol. The maximum absolute atomic E-state index is 2.45. The number of rotatable bonds is 6. The molecule has 0 aliphatic carbocycles. The topological polar surface area (TPSA) is 3.24 Å². The fourth-order valence-corrected chi connectivity index (χ4v) is 1.40. The molecule has 0 aliphatic rings. The molecule has 1 atom stereocenters. The van der Waals surface area contributed by atoms with Gasteiger partial charge in [-0.25, -0.2) is 0 Å². The molecule has 0 amide bonds. The summed E-state index contributed by atoms with van der Waals surface area (Å²) in [6.45, 7) is 9.11. The van der Waals surface area contributed by atoms with Crippen molar-refractivity contribution in [2.45, 2.75) is 65.5 Å². The van der Waals surface area contributed by atoms with Crippen LogP contribution in [0.3, 0.4) is 0 Å². The van der Waals surface area contributed by atoms with Gasteiger partial charge in [0.1, 0.15) is 0 Å². The van der Waals surface area contributed by atoms with Crippen LogP contribution in [-0.4, -0.2) is 24.0 Å². The Morgan fingerprint density at radius 2 is 1.67 bits per heavy atom. The standard InChI is InChI=1S/C11H25N/c1-6-7-8-9-11(4)12(5)10(2)3/h10-11H,6-9H2,1-5H3. The first-order valence-electron chi connectivity index (χ1n) is 5.31. The molecular formula is C11H25N. The molecule has 1 unspecified atom stereocenters. The molecule has 12 heavy (non-hydrogen) atoms. The molecule has 1 nitrogen and oxygen atoms in total. The van der Waals surface area contributed by atoms with Gasteiger partial charge in [-0.2, -0.15) is 0 Å². The highest BCUT2D eigenvalue weighted by atomic mass is 15.1. The average Bonchev–Trinajstić information content (AvgIpc) is 2.03. The highest BCUT2D eigenvalue weighted by molar-refractivity contribution is 4.66. The zero-order chi connectivity index (χ0) is 9.56. The van der Waals surface area contributed by atoms with Gasteiger partial charge >= 0.3 is 0 Å². The van der Waals surface area contributed by atoms with Crippen LogP contribution in [0.2, 0.25) is 0 Å². The van der Waals surface area contributed by atoms with Crippen molar-refractivity contribution < 1.29 is 0 Å². The van der Waals surface area contributed by atoms with Gasteiger partial charge in [-0.3, -0.25) is 0 Å². The summed E-state index contributed by atoms with van der Waals surface area (Å²) >= 11 is 0. The molecule has 0 N–H and O–H groups in total. The van der Waals surface area contributed by atoms with E-state index in [1.54, 1.807) is 0 Å². The van der Waals surface area contributed by atoms with E-state index in [1.165, 1.54) is 25.7 Å². The molecule has 1 heteroatoms. The first kappa shape index (κ1) is 12.0. The number of hydrogen-bond donors (Lipinski definition) is 0. The van der Waals surface area contributed by atoms with E-state index in [0.29, 0.717) is 6.04 Å². The summed E-state index contributed by atoms with van der Waals surface area (Å²) in [7, 11) is 2.22. The summed E-state index contributed by atoms with van der Waals surface area (Å²) < 4.78 is 0.